The largest absolute Gasteiger partial charge is 0.289 e. The maximum atomic E-state index is 12.4. The number of nitrogens with zero attached hydrogens (tertiary/aromatic N) is 2. The van der Waals surface area contributed by atoms with Gasteiger partial charge in [-0.25, -0.2) is 0 Å². The molecule has 0 amide bonds. The van der Waals surface area contributed by atoms with Gasteiger partial charge in [-0.2, -0.15) is 0 Å². The first-order chi connectivity index (χ1) is 9.24. The molecular weight excluding hydrogens is 236 g/mol. The fourth-order valence-corrected chi connectivity index (χ4v) is 2.05. The Morgan fingerprint density at radius 2 is 1.84 bits per heavy atom. The van der Waals surface area contributed by atoms with Gasteiger partial charge >= 0.3 is 0 Å². The number of aryl methyl sites for hydroxylation is 1. The third-order valence-electron chi connectivity index (χ3n) is 3.01. The molecule has 3 nitrogen and oxygen atoms in total. The van der Waals surface area contributed by atoms with Gasteiger partial charge in [0.2, 0.25) is 0 Å². The second kappa shape index (κ2) is 4.61. The summed E-state index contributed by atoms with van der Waals surface area (Å²) in [5, 5.41) is 0.971. The average Bonchev–Trinajstić information content (AvgIpc) is 2.46. The van der Waals surface area contributed by atoms with Crippen LogP contribution < -0.4 is 0 Å². The SMILES string of the molecule is Cc1cc(C(=O)c2cnc3ccccc3c2)ccn1. The fraction of sp³-hybridized carbons (Fsp3) is 0.0625. The molecule has 3 rings (SSSR count). The van der Waals surface area contributed by atoms with Crippen LogP contribution in [0.4, 0.5) is 0 Å². The van der Waals surface area contributed by atoms with Crippen molar-refractivity contribution < 1.29 is 4.79 Å². The molecule has 0 aliphatic heterocycles. The maximum absolute atomic E-state index is 12.4. The molecule has 0 N–H and O–H groups in total. The second-order valence-corrected chi connectivity index (χ2v) is 4.43. The van der Waals surface area contributed by atoms with E-state index >= 15 is 0 Å². The Bertz CT molecular complexity index is 765. The van der Waals surface area contributed by atoms with Crippen LogP contribution in [0.25, 0.3) is 10.9 Å². The van der Waals surface area contributed by atoms with Crippen LogP contribution in [0.15, 0.2) is 54.9 Å². The highest BCUT2D eigenvalue weighted by atomic mass is 16.1. The van der Waals surface area contributed by atoms with E-state index < -0.39 is 0 Å². The van der Waals surface area contributed by atoms with Gasteiger partial charge in [-0.1, -0.05) is 18.2 Å². The minimum Gasteiger partial charge on any atom is -0.289 e. The number of ketones is 1. The zero-order chi connectivity index (χ0) is 13.2. The smallest absolute Gasteiger partial charge is 0.194 e. The molecule has 0 saturated carbocycles. The Morgan fingerprint density at radius 3 is 2.68 bits per heavy atom. The van der Waals surface area contributed by atoms with Crippen LogP contribution in [0.5, 0.6) is 0 Å². The van der Waals surface area contributed by atoms with Gasteiger partial charge in [-0.15, -0.1) is 0 Å². The lowest BCUT2D eigenvalue weighted by molar-refractivity contribution is 0.103. The van der Waals surface area contributed by atoms with Crippen molar-refractivity contribution in [2.45, 2.75) is 6.92 Å². The van der Waals surface area contributed by atoms with Gasteiger partial charge < -0.3 is 0 Å². The molecule has 0 aliphatic rings. The van der Waals surface area contributed by atoms with E-state index in [1.54, 1.807) is 24.5 Å². The monoisotopic (exact) mass is 248 g/mol. The number of aromatic nitrogens is 2. The summed E-state index contributed by atoms with van der Waals surface area (Å²) in [6, 6.07) is 13.2. The highest BCUT2D eigenvalue weighted by molar-refractivity contribution is 6.10. The summed E-state index contributed by atoms with van der Waals surface area (Å²) < 4.78 is 0. The van der Waals surface area contributed by atoms with Crippen molar-refractivity contribution in [3.8, 4) is 0 Å². The lowest BCUT2D eigenvalue weighted by Gasteiger charge is -2.03. The molecule has 3 aromatic rings. The average molecular weight is 248 g/mol. The number of carbonyl (C=O) groups excluding carboxylic acids is 1. The van der Waals surface area contributed by atoms with E-state index in [1.165, 1.54) is 0 Å². The lowest BCUT2D eigenvalue weighted by atomic mass is 10.0. The first-order valence-electron chi connectivity index (χ1n) is 6.06. The molecule has 0 atom stereocenters. The van der Waals surface area contributed by atoms with Gasteiger partial charge in [0.1, 0.15) is 0 Å². The zero-order valence-electron chi connectivity index (χ0n) is 10.5. The number of hydrogen-bond acceptors (Lipinski definition) is 3. The Hall–Kier alpha value is -2.55. The molecule has 92 valence electrons. The summed E-state index contributed by atoms with van der Waals surface area (Å²) in [5.74, 6) is -0.0243. The summed E-state index contributed by atoms with van der Waals surface area (Å²) in [6.07, 6.45) is 3.28. The Morgan fingerprint density at radius 1 is 1.00 bits per heavy atom. The molecule has 0 saturated heterocycles. The minimum atomic E-state index is -0.0243. The van der Waals surface area contributed by atoms with E-state index in [0.717, 1.165) is 16.6 Å². The van der Waals surface area contributed by atoms with E-state index in [4.69, 9.17) is 0 Å². The van der Waals surface area contributed by atoms with Crippen LogP contribution in [0.1, 0.15) is 21.6 Å². The van der Waals surface area contributed by atoms with Gasteiger partial charge in [0.05, 0.1) is 5.52 Å². The molecule has 3 heteroatoms. The van der Waals surface area contributed by atoms with Crippen LogP contribution in [0.3, 0.4) is 0 Å². The van der Waals surface area contributed by atoms with E-state index in [0.29, 0.717) is 11.1 Å². The Kier molecular flexibility index (Phi) is 2.80. The van der Waals surface area contributed by atoms with Gasteiger partial charge in [0, 0.05) is 34.6 Å². The predicted molar refractivity (Wildman–Crippen MR) is 74.1 cm³/mol. The molecule has 0 unspecified atom stereocenters. The summed E-state index contributed by atoms with van der Waals surface area (Å²) in [5.41, 5.74) is 2.97. The van der Waals surface area contributed by atoms with Gasteiger partial charge in [0.15, 0.2) is 5.78 Å². The quantitative estimate of drug-likeness (QED) is 0.654. The zero-order valence-corrected chi connectivity index (χ0v) is 10.5. The molecule has 1 aromatic carbocycles. The Balaban J connectivity index is 2.06. The molecule has 0 spiro atoms. The lowest BCUT2D eigenvalue weighted by Crippen LogP contribution is -2.02. The summed E-state index contributed by atoms with van der Waals surface area (Å²) in [7, 11) is 0. The fourth-order valence-electron chi connectivity index (χ4n) is 2.05. The first-order valence-corrected chi connectivity index (χ1v) is 6.06. The van der Waals surface area contributed by atoms with Crippen molar-refractivity contribution in [3.05, 3.63) is 71.7 Å². The normalized spacial score (nSPS) is 10.6. The van der Waals surface area contributed by atoms with Crippen molar-refractivity contribution >= 4 is 16.7 Å². The summed E-state index contributed by atoms with van der Waals surface area (Å²) in [4.78, 5) is 20.8. The number of pyridine rings is 2. The third-order valence-corrected chi connectivity index (χ3v) is 3.01. The second-order valence-electron chi connectivity index (χ2n) is 4.43. The van der Waals surface area contributed by atoms with E-state index in [-0.39, 0.29) is 5.78 Å². The number of para-hydroxylation sites is 1. The molecule has 0 fully saturated rings. The Labute approximate surface area is 111 Å². The van der Waals surface area contributed by atoms with Crippen molar-refractivity contribution in [1.29, 1.82) is 0 Å². The van der Waals surface area contributed by atoms with E-state index in [1.807, 2.05) is 37.3 Å². The van der Waals surface area contributed by atoms with Gasteiger partial charge in [0.25, 0.3) is 0 Å². The van der Waals surface area contributed by atoms with Crippen LogP contribution in [0, 0.1) is 6.92 Å². The van der Waals surface area contributed by atoms with Crippen molar-refractivity contribution in [3.63, 3.8) is 0 Å². The van der Waals surface area contributed by atoms with Gasteiger partial charge in [-0.05, 0) is 31.2 Å². The van der Waals surface area contributed by atoms with Gasteiger partial charge in [-0.3, -0.25) is 14.8 Å². The minimum absolute atomic E-state index is 0.0243. The van der Waals surface area contributed by atoms with E-state index in [2.05, 4.69) is 9.97 Å². The topological polar surface area (TPSA) is 42.9 Å². The third kappa shape index (κ3) is 2.22. The van der Waals surface area contributed by atoms with Crippen molar-refractivity contribution in [2.24, 2.45) is 0 Å². The molecule has 0 bridgehead atoms. The first kappa shape index (κ1) is 11.5. The number of hydrogen-bond donors (Lipinski definition) is 0. The number of benzene rings is 1. The highest BCUT2D eigenvalue weighted by Gasteiger charge is 2.10. The molecule has 0 aliphatic carbocycles. The highest BCUT2D eigenvalue weighted by Crippen LogP contribution is 2.15. The molecule has 19 heavy (non-hydrogen) atoms. The molecule has 2 aromatic heterocycles. The molecule has 2 heterocycles. The summed E-state index contributed by atoms with van der Waals surface area (Å²) >= 11 is 0. The van der Waals surface area contributed by atoms with Crippen LogP contribution >= 0.6 is 0 Å². The van der Waals surface area contributed by atoms with Crippen LogP contribution in [0.2, 0.25) is 0 Å². The predicted octanol–water partition coefficient (Wildman–Crippen LogP) is 3.17. The summed E-state index contributed by atoms with van der Waals surface area (Å²) in [6.45, 7) is 1.87. The molecular formula is C16H12N2O. The van der Waals surface area contributed by atoms with Crippen LogP contribution in [-0.4, -0.2) is 15.8 Å². The standard InChI is InChI=1S/C16H12N2O/c1-11-8-13(6-7-17-11)16(19)14-9-12-4-2-3-5-15(12)18-10-14/h2-10H,1H3. The van der Waals surface area contributed by atoms with Crippen molar-refractivity contribution in [1.82, 2.24) is 9.97 Å². The molecule has 0 radical (unpaired) electrons. The van der Waals surface area contributed by atoms with E-state index in [9.17, 15) is 4.79 Å². The number of carbonyl (C=O) groups is 1. The van der Waals surface area contributed by atoms with Crippen LogP contribution in [-0.2, 0) is 0 Å². The maximum Gasteiger partial charge on any atom is 0.194 e. The number of rotatable bonds is 2. The number of fused-ring (bicyclic) bond motifs is 1. The van der Waals surface area contributed by atoms with Crippen molar-refractivity contribution in [2.75, 3.05) is 0 Å².